The maximum atomic E-state index is 12.9. The fraction of sp³-hybridized carbons (Fsp3) is 0.409. The lowest BCUT2D eigenvalue weighted by molar-refractivity contribution is -0.125. The number of aliphatic hydroxyl groups excluding tert-OH is 2. The molecular formula is C22H27FN2O5. The zero-order chi connectivity index (χ0) is 21.5. The number of benzene rings is 2. The second kappa shape index (κ2) is 10.5. The Bertz CT molecular complexity index is 815. The Morgan fingerprint density at radius 2 is 1.60 bits per heavy atom. The molecule has 1 aliphatic heterocycles. The van der Waals surface area contributed by atoms with Crippen molar-refractivity contribution in [2.75, 3.05) is 13.7 Å². The maximum absolute atomic E-state index is 12.9. The van der Waals surface area contributed by atoms with Gasteiger partial charge in [-0.2, -0.15) is 0 Å². The molecule has 1 heterocycles. The van der Waals surface area contributed by atoms with Gasteiger partial charge in [0.05, 0.1) is 25.7 Å². The quantitative estimate of drug-likeness (QED) is 0.487. The summed E-state index contributed by atoms with van der Waals surface area (Å²) in [6.07, 6.45) is -3.71. The largest absolute Gasteiger partial charge is 0.497 e. The third-order valence-corrected chi connectivity index (χ3v) is 5.08. The van der Waals surface area contributed by atoms with Gasteiger partial charge in [0.2, 0.25) is 5.91 Å². The number of hydrogen-bond acceptors (Lipinski definition) is 6. The van der Waals surface area contributed by atoms with Crippen molar-refractivity contribution >= 4 is 5.91 Å². The van der Waals surface area contributed by atoms with Crippen LogP contribution in [0.15, 0.2) is 48.5 Å². The molecule has 0 unspecified atom stereocenters. The van der Waals surface area contributed by atoms with Crippen LogP contribution in [0.3, 0.4) is 0 Å². The number of halogens is 1. The highest BCUT2D eigenvalue weighted by molar-refractivity contribution is 5.76. The predicted molar refractivity (Wildman–Crippen MR) is 108 cm³/mol. The van der Waals surface area contributed by atoms with E-state index in [1.165, 1.54) is 12.1 Å². The number of amides is 1. The Kier molecular flexibility index (Phi) is 7.75. The maximum Gasteiger partial charge on any atom is 0.222 e. The summed E-state index contributed by atoms with van der Waals surface area (Å²) in [5, 5.41) is 26.4. The molecule has 30 heavy (non-hydrogen) atoms. The van der Waals surface area contributed by atoms with Crippen LogP contribution < -0.4 is 15.4 Å². The predicted octanol–water partition coefficient (Wildman–Crippen LogP) is 1.12. The Morgan fingerprint density at radius 1 is 1.00 bits per heavy atom. The SMILES string of the molecule is COc1ccc(CNC(=O)C[C@H]2O[C@H](CNCc3ccc(F)cc3)[C@@H](O)[C@H]2O)cc1. The summed E-state index contributed by atoms with van der Waals surface area (Å²) in [4.78, 5) is 12.2. The molecule has 1 saturated heterocycles. The molecule has 4 N–H and O–H groups in total. The van der Waals surface area contributed by atoms with Gasteiger partial charge in [-0.15, -0.1) is 0 Å². The van der Waals surface area contributed by atoms with Crippen LogP contribution in [-0.4, -0.2) is 54.2 Å². The fourth-order valence-electron chi connectivity index (χ4n) is 3.32. The van der Waals surface area contributed by atoms with Gasteiger partial charge in [-0.25, -0.2) is 4.39 Å². The zero-order valence-corrected chi connectivity index (χ0v) is 16.8. The molecule has 0 aliphatic carbocycles. The standard InChI is InChI=1S/C22H27FN2O5/c1-29-17-8-4-15(5-9-17)12-25-20(26)10-18-21(27)22(28)19(30-18)13-24-11-14-2-6-16(23)7-3-14/h2-9,18-19,21-22,24,27-28H,10-13H2,1H3,(H,25,26)/t18-,19-,21+,22-/m1/s1. The Balaban J connectivity index is 1.42. The molecule has 0 spiro atoms. The molecule has 2 aromatic carbocycles. The van der Waals surface area contributed by atoms with Gasteiger partial charge in [-0.3, -0.25) is 4.79 Å². The van der Waals surface area contributed by atoms with Gasteiger partial charge in [0.1, 0.15) is 23.8 Å². The van der Waals surface area contributed by atoms with Crippen LogP contribution in [0.5, 0.6) is 5.75 Å². The Labute approximate surface area is 174 Å². The van der Waals surface area contributed by atoms with Crippen molar-refractivity contribution in [1.82, 2.24) is 10.6 Å². The number of hydrogen-bond donors (Lipinski definition) is 4. The first-order valence-corrected chi connectivity index (χ1v) is 9.82. The molecule has 1 fully saturated rings. The van der Waals surface area contributed by atoms with E-state index < -0.39 is 24.4 Å². The lowest BCUT2D eigenvalue weighted by Crippen LogP contribution is -2.38. The summed E-state index contributed by atoms with van der Waals surface area (Å²) in [7, 11) is 1.59. The average Bonchev–Trinajstić information content (AvgIpc) is 3.02. The minimum atomic E-state index is -1.14. The molecule has 2 aromatic rings. The number of carbonyl (C=O) groups is 1. The van der Waals surface area contributed by atoms with E-state index in [4.69, 9.17) is 9.47 Å². The van der Waals surface area contributed by atoms with Gasteiger partial charge in [0, 0.05) is 19.6 Å². The van der Waals surface area contributed by atoms with Crippen molar-refractivity contribution in [3.63, 3.8) is 0 Å². The van der Waals surface area contributed by atoms with E-state index in [0.717, 1.165) is 16.9 Å². The van der Waals surface area contributed by atoms with Gasteiger partial charge in [-0.1, -0.05) is 24.3 Å². The van der Waals surface area contributed by atoms with Gasteiger partial charge >= 0.3 is 0 Å². The third kappa shape index (κ3) is 5.99. The normalized spacial score (nSPS) is 23.3. The van der Waals surface area contributed by atoms with E-state index in [9.17, 15) is 19.4 Å². The summed E-state index contributed by atoms with van der Waals surface area (Å²) in [5.41, 5.74) is 1.80. The van der Waals surface area contributed by atoms with Crippen LogP contribution in [0.2, 0.25) is 0 Å². The second-order valence-electron chi connectivity index (χ2n) is 7.28. The molecule has 8 heteroatoms. The van der Waals surface area contributed by atoms with Crippen LogP contribution in [0.25, 0.3) is 0 Å². The van der Waals surface area contributed by atoms with Crippen molar-refractivity contribution in [3.8, 4) is 5.75 Å². The van der Waals surface area contributed by atoms with E-state index in [1.54, 1.807) is 19.2 Å². The first kappa shape index (κ1) is 22.2. The molecule has 0 radical (unpaired) electrons. The van der Waals surface area contributed by atoms with Gasteiger partial charge in [-0.05, 0) is 35.4 Å². The average molecular weight is 418 g/mol. The molecular weight excluding hydrogens is 391 g/mol. The van der Waals surface area contributed by atoms with Crippen LogP contribution in [0, 0.1) is 5.82 Å². The summed E-state index contributed by atoms with van der Waals surface area (Å²) in [6, 6.07) is 13.4. The van der Waals surface area contributed by atoms with E-state index in [1.807, 2.05) is 24.3 Å². The smallest absolute Gasteiger partial charge is 0.222 e. The molecule has 1 amide bonds. The Hall–Kier alpha value is -2.52. The summed E-state index contributed by atoms with van der Waals surface area (Å²) >= 11 is 0. The molecule has 0 saturated carbocycles. The number of aliphatic hydroxyl groups is 2. The van der Waals surface area contributed by atoms with Gasteiger partial charge in [0.15, 0.2) is 0 Å². The fourth-order valence-corrected chi connectivity index (χ4v) is 3.32. The van der Waals surface area contributed by atoms with E-state index >= 15 is 0 Å². The molecule has 3 rings (SSSR count). The number of carbonyl (C=O) groups excluding carboxylic acids is 1. The molecule has 0 bridgehead atoms. The van der Waals surface area contributed by atoms with Gasteiger partial charge < -0.3 is 30.3 Å². The summed E-state index contributed by atoms with van der Waals surface area (Å²) < 4.78 is 23.7. The van der Waals surface area contributed by atoms with Crippen LogP contribution in [-0.2, 0) is 22.6 Å². The zero-order valence-electron chi connectivity index (χ0n) is 16.8. The van der Waals surface area contributed by atoms with E-state index in [0.29, 0.717) is 19.6 Å². The van der Waals surface area contributed by atoms with E-state index in [-0.39, 0.29) is 18.1 Å². The Morgan fingerprint density at radius 3 is 2.27 bits per heavy atom. The topological polar surface area (TPSA) is 100 Å². The van der Waals surface area contributed by atoms with Crippen molar-refractivity contribution in [2.24, 2.45) is 0 Å². The van der Waals surface area contributed by atoms with Crippen molar-refractivity contribution in [3.05, 3.63) is 65.5 Å². The first-order chi connectivity index (χ1) is 14.5. The van der Waals surface area contributed by atoms with Crippen LogP contribution >= 0.6 is 0 Å². The first-order valence-electron chi connectivity index (χ1n) is 9.82. The minimum absolute atomic E-state index is 0.0527. The van der Waals surface area contributed by atoms with Crippen LogP contribution in [0.1, 0.15) is 17.5 Å². The molecule has 0 aromatic heterocycles. The molecule has 1 aliphatic rings. The molecule has 4 atom stereocenters. The van der Waals surface area contributed by atoms with Gasteiger partial charge in [0.25, 0.3) is 0 Å². The number of rotatable bonds is 9. The highest BCUT2D eigenvalue weighted by atomic mass is 19.1. The van der Waals surface area contributed by atoms with Crippen molar-refractivity contribution < 1.29 is 28.9 Å². The highest BCUT2D eigenvalue weighted by Crippen LogP contribution is 2.23. The minimum Gasteiger partial charge on any atom is -0.497 e. The number of methoxy groups -OCH3 is 1. The van der Waals surface area contributed by atoms with Crippen molar-refractivity contribution in [2.45, 2.75) is 43.9 Å². The van der Waals surface area contributed by atoms with E-state index in [2.05, 4.69) is 10.6 Å². The number of nitrogens with one attached hydrogen (secondary N) is 2. The summed E-state index contributed by atoms with van der Waals surface area (Å²) in [5.74, 6) is 0.159. The number of ether oxygens (including phenoxy) is 2. The van der Waals surface area contributed by atoms with Crippen molar-refractivity contribution in [1.29, 1.82) is 0 Å². The molecule has 7 nitrogen and oxygen atoms in total. The molecule has 162 valence electrons. The highest BCUT2D eigenvalue weighted by Gasteiger charge is 2.42. The monoisotopic (exact) mass is 418 g/mol. The summed E-state index contributed by atoms with van der Waals surface area (Å²) in [6.45, 7) is 1.10. The lowest BCUT2D eigenvalue weighted by Gasteiger charge is -2.15. The third-order valence-electron chi connectivity index (χ3n) is 5.08. The lowest BCUT2D eigenvalue weighted by atomic mass is 10.1. The second-order valence-corrected chi connectivity index (χ2v) is 7.28. The van der Waals surface area contributed by atoms with Crippen LogP contribution in [0.4, 0.5) is 4.39 Å².